The average Bonchev–Trinajstić information content (AvgIpc) is 2.49. The maximum atomic E-state index is 11.1. The maximum Gasteiger partial charge on any atom is 0.330 e. The van der Waals surface area contributed by atoms with E-state index in [-0.39, 0.29) is 5.88 Å². The molecule has 1 atom stereocenters. The quantitative estimate of drug-likeness (QED) is 0.590. The van der Waals surface area contributed by atoms with Crippen molar-refractivity contribution in [3.8, 4) is 0 Å². The Morgan fingerprint density at radius 2 is 2.21 bits per heavy atom. The van der Waals surface area contributed by atoms with Gasteiger partial charge in [0.25, 0.3) is 5.91 Å². The van der Waals surface area contributed by atoms with E-state index in [2.05, 4.69) is 5.32 Å². The normalized spacial score (nSPS) is 12.1. The summed E-state index contributed by atoms with van der Waals surface area (Å²) in [6.07, 6.45) is 0. The van der Waals surface area contributed by atoms with Gasteiger partial charge < -0.3 is 15.3 Å². The van der Waals surface area contributed by atoms with E-state index < -0.39 is 17.9 Å². The number of anilines is 1. The molecule has 6 heteroatoms. The van der Waals surface area contributed by atoms with Gasteiger partial charge in [0.2, 0.25) is 0 Å². The Balaban J connectivity index is 2.61. The molecule has 1 heterocycles. The fourth-order valence-electron chi connectivity index (χ4n) is 0.813. The first-order valence-electron chi connectivity index (χ1n) is 3.86. The van der Waals surface area contributed by atoms with Crippen molar-refractivity contribution in [2.24, 2.45) is 5.73 Å². The number of carbonyl (C=O) groups is 2. The Labute approximate surface area is 79.7 Å². The van der Waals surface area contributed by atoms with Crippen molar-refractivity contribution in [2.75, 3.05) is 5.32 Å². The molecule has 1 amide bonds. The second-order valence-electron chi connectivity index (χ2n) is 2.72. The smallest absolute Gasteiger partial charge is 0.330 e. The average molecular weight is 198 g/mol. The molecule has 6 nitrogen and oxygen atoms in total. The van der Waals surface area contributed by atoms with Crippen molar-refractivity contribution in [3.63, 3.8) is 0 Å². The number of nitrogens with two attached hydrogens (primary N) is 1. The Bertz CT molecular complexity index is 358. The van der Waals surface area contributed by atoms with Gasteiger partial charge in [-0.1, -0.05) is 0 Å². The zero-order chi connectivity index (χ0) is 10.7. The van der Waals surface area contributed by atoms with Crippen molar-refractivity contribution in [3.05, 3.63) is 17.9 Å². The minimum atomic E-state index is -1.58. The Kier molecular flexibility index (Phi) is 2.88. The van der Waals surface area contributed by atoms with Gasteiger partial charge in [0, 0.05) is 6.07 Å². The summed E-state index contributed by atoms with van der Waals surface area (Å²) in [5.74, 6) is -1.40. The van der Waals surface area contributed by atoms with E-state index in [1.165, 1.54) is 6.07 Å². The monoisotopic (exact) mass is 198 g/mol. The number of furan rings is 1. The first-order chi connectivity index (χ1) is 6.50. The van der Waals surface area contributed by atoms with Crippen LogP contribution >= 0.6 is 0 Å². The Hall–Kier alpha value is -1.82. The molecular weight excluding hydrogens is 188 g/mol. The number of nitrogens with one attached hydrogen (secondary N) is 1. The molecule has 0 saturated heterocycles. The van der Waals surface area contributed by atoms with Gasteiger partial charge in [-0.2, -0.15) is 0 Å². The van der Waals surface area contributed by atoms with Gasteiger partial charge in [0.1, 0.15) is 5.76 Å². The Morgan fingerprint density at radius 3 is 2.64 bits per heavy atom. The third-order valence-electron chi connectivity index (χ3n) is 1.54. The van der Waals surface area contributed by atoms with Crippen LogP contribution in [0.15, 0.2) is 16.5 Å². The summed E-state index contributed by atoms with van der Waals surface area (Å²) in [5, 5.41) is 10.7. The number of carboxylic acid groups (broad SMARTS) is 1. The minimum absolute atomic E-state index is 0.184. The lowest BCUT2D eigenvalue weighted by Crippen LogP contribution is -2.42. The van der Waals surface area contributed by atoms with Crippen LogP contribution in [0.3, 0.4) is 0 Å². The molecule has 0 aromatic carbocycles. The summed E-state index contributed by atoms with van der Waals surface area (Å²) in [6.45, 7) is 1.70. The van der Waals surface area contributed by atoms with E-state index in [0.717, 1.165) is 0 Å². The minimum Gasteiger partial charge on any atom is -0.480 e. The summed E-state index contributed by atoms with van der Waals surface area (Å²) >= 11 is 0. The van der Waals surface area contributed by atoms with E-state index in [1.807, 2.05) is 0 Å². The molecule has 1 aromatic rings. The van der Waals surface area contributed by atoms with Crippen LogP contribution in [0, 0.1) is 6.92 Å². The van der Waals surface area contributed by atoms with Crippen molar-refractivity contribution in [1.82, 2.24) is 0 Å². The number of amides is 1. The lowest BCUT2D eigenvalue weighted by molar-refractivity contribution is -0.141. The van der Waals surface area contributed by atoms with Crippen LogP contribution in [-0.2, 0) is 9.59 Å². The number of hydrogen-bond acceptors (Lipinski definition) is 4. The second kappa shape index (κ2) is 3.93. The SMILES string of the molecule is Cc1ccc(NC(=O)C(N)C(=O)O)o1. The first kappa shape index (κ1) is 10.3. The van der Waals surface area contributed by atoms with Gasteiger partial charge in [-0.15, -0.1) is 0 Å². The zero-order valence-electron chi connectivity index (χ0n) is 7.48. The van der Waals surface area contributed by atoms with Gasteiger partial charge in [0.15, 0.2) is 11.9 Å². The van der Waals surface area contributed by atoms with Crippen molar-refractivity contribution < 1.29 is 19.1 Å². The predicted octanol–water partition coefficient (Wildman–Crippen LogP) is -0.0616. The molecule has 0 bridgehead atoms. The molecular formula is C8H10N2O4. The van der Waals surface area contributed by atoms with E-state index in [1.54, 1.807) is 13.0 Å². The molecule has 0 fully saturated rings. The maximum absolute atomic E-state index is 11.1. The van der Waals surface area contributed by atoms with Crippen LogP contribution < -0.4 is 11.1 Å². The molecule has 0 saturated carbocycles. The summed E-state index contributed by atoms with van der Waals surface area (Å²) in [7, 11) is 0. The molecule has 1 unspecified atom stereocenters. The Morgan fingerprint density at radius 1 is 1.57 bits per heavy atom. The van der Waals surface area contributed by atoms with E-state index in [4.69, 9.17) is 15.3 Å². The molecule has 0 aliphatic heterocycles. The molecule has 76 valence electrons. The molecule has 0 spiro atoms. The number of hydrogen-bond donors (Lipinski definition) is 3. The van der Waals surface area contributed by atoms with Gasteiger partial charge in [0.05, 0.1) is 0 Å². The fourth-order valence-corrected chi connectivity index (χ4v) is 0.813. The standard InChI is InChI=1S/C8H10N2O4/c1-4-2-3-5(14-4)10-7(11)6(9)8(12)13/h2-3,6H,9H2,1H3,(H,10,11)(H,12,13). The van der Waals surface area contributed by atoms with Gasteiger partial charge >= 0.3 is 5.97 Å². The van der Waals surface area contributed by atoms with E-state index >= 15 is 0 Å². The van der Waals surface area contributed by atoms with E-state index in [0.29, 0.717) is 5.76 Å². The highest BCUT2D eigenvalue weighted by Gasteiger charge is 2.21. The van der Waals surface area contributed by atoms with Crippen LogP contribution in [0.2, 0.25) is 0 Å². The first-order valence-corrected chi connectivity index (χ1v) is 3.86. The van der Waals surface area contributed by atoms with Crippen LogP contribution in [0.5, 0.6) is 0 Å². The third kappa shape index (κ3) is 2.33. The van der Waals surface area contributed by atoms with E-state index in [9.17, 15) is 9.59 Å². The van der Waals surface area contributed by atoms with Crippen molar-refractivity contribution >= 4 is 17.8 Å². The second-order valence-corrected chi connectivity index (χ2v) is 2.72. The lowest BCUT2D eigenvalue weighted by atomic mass is 10.3. The van der Waals surface area contributed by atoms with Crippen LogP contribution in [0.4, 0.5) is 5.88 Å². The van der Waals surface area contributed by atoms with Crippen molar-refractivity contribution in [1.29, 1.82) is 0 Å². The number of carbonyl (C=O) groups excluding carboxylic acids is 1. The van der Waals surface area contributed by atoms with Crippen LogP contribution in [-0.4, -0.2) is 23.0 Å². The molecule has 0 radical (unpaired) electrons. The number of rotatable bonds is 3. The summed E-state index contributed by atoms with van der Waals surface area (Å²) in [5.41, 5.74) is 5.06. The molecule has 4 N–H and O–H groups in total. The summed E-state index contributed by atoms with van der Waals surface area (Å²) in [6, 6.07) is 1.57. The van der Waals surface area contributed by atoms with Gasteiger partial charge in [-0.25, -0.2) is 4.79 Å². The predicted molar refractivity (Wildman–Crippen MR) is 47.7 cm³/mol. The molecule has 0 aliphatic rings. The highest BCUT2D eigenvalue weighted by molar-refractivity contribution is 6.07. The van der Waals surface area contributed by atoms with Gasteiger partial charge in [-0.05, 0) is 13.0 Å². The van der Waals surface area contributed by atoms with Crippen LogP contribution in [0.1, 0.15) is 5.76 Å². The molecule has 1 rings (SSSR count). The summed E-state index contributed by atoms with van der Waals surface area (Å²) in [4.78, 5) is 21.4. The lowest BCUT2D eigenvalue weighted by Gasteiger charge is -2.04. The molecule has 1 aromatic heterocycles. The highest BCUT2D eigenvalue weighted by atomic mass is 16.4. The van der Waals surface area contributed by atoms with Gasteiger partial charge in [-0.3, -0.25) is 10.1 Å². The zero-order valence-corrected chi connectivity index (χ0v) is 7.48. The number of carboxylic acids is 1. The number of aryl methyl sites for hydroxylation is 1. The molecule has 14 heavy (non-hydrogen) atoms. The summed E-state index contributed by atoms with van der Waals surface area (Å²) < 4.78 is 5.00. The topological polar surface area (TPSA) is 106 Å². The number of aliphatic carboxylic acids is 1. The third-order valence-corrected chi connectivity index (χ3v) is 1.54. The largest absolute Gasteiger partial charge is 0.480 e. The molecule has 0 aliphatic carbocycles. The van der Waals surface area contributed by atoms with Crippen molar-refractivity contribution in [2.45, 2.75) is 13.0 Å². The fraction of sp³-hybridized carbons (Fsp3) is 0.250. The van der Waals surface area contributed by atoms with Crippen LogP contribution in [0.25, 0.3) is 0 Å². The highest BCUT2D eigenvalue weighted by Crippen LogP contribution is 2.11.